The highest BCUT2D eigenvalue weighted by Crippen LogP contribution is 2.10. The second-order valence-corrected chi connectivity index (χ2v) is 5.40. The highest BCUT2D eigenvalue weighted by Gasteiger charge is 2.06. The maximum absolute atomic E-state index is 4.30. The van der Waals surface area contributed by atoms with E-state index in [2.05, 4.69) is 38.3 Å². The van der Waals surface area contributed by atoms with E-state index < -0.39 is 0 Å². The van der Waals surface area contributed by atoms with Gasteiger partial charge in [-0.3, -0.25) is 0 Å². The van der Waals surface area contributed by atoms with E-state index in [1.165, 1.54) is 58.2 Å². The van der Waals surface area contributed by atoms with Crippen molar-refractivity contribution in [2.75, 3.05) is 25.4 Å². The van der Waals surface area contributed by atoms with Crippen LogP contribution in [0, 0.1) is 5.92 Å². The Morgan fingerprint density at radius 2 is 1.50 bits per heavy atom. The Morgan fingerprint density at radius 3 is 1.94 bits per heavy atom. The van der Waals surface area contributed by atoms with Crippen molar-refractivity contribution in [1.29, 1.82) is 0 Å². The van der Waals surface area contributed by atoms with Gasteiger partial charge in [0.15, 0.2) is 0 Å². The van der Waals surface area contributed by atoms with Crippen LogP contribution in [0.25, 0.3) is 0 Å². The van der Waals surface area contributed by atoms with E-state index in [4.69, 9.17) is 0 Å². The molecule has 2 heteroatoms. The Morgan fingerprint density at radius 1 is 0.938 bits per heavy atom. The third-order valence-electron chi connectivity index (χ3n) is 3.22. The molecular weight excluding hydrogens is 214 g/mol. The molecule has 0 N–H and O–H groups in total. The van der Waals surface area contributed by atoms with E-state index in [1.807, 2.05) is 0 Å². The molecule has 0 saturated heterocycles. The predicted molar refractivity (Wildman–Crippen MR) is 78.5 cm³/mol. The van der Waals surface area contributed by atoms with E-state index in [0.717, 1.165) is 11.7 Å². The van der Waals surface area contributed by atoms with E-state index in [0.29, 0.717) is 0 Å². The molecule has 0 aromatic carbocycles. The molecule has 0 saturated carbocycles. The van der Waals surface area contributed by atoms with Crippen LogP contribution in [0.3, 0.4) is 0 Å². The first-order chi connectivity index (χ1) is 7.74. The molecule has 0 aliphatic rings. The lowest BCUT2D eigenvalue weighted by Gasteiger charge is -2.23. The molecule has 1 unspecified atom stereocenters. The molecule has 0 aromatic rings. The lowest BCUT2D eigenvalue weighted by atomic mass is 10.0. The van der Waals surface area contributed by atoms with Crippen molar-refractivity contribution in [1.82, 2.24) is 4.90 Å². The highest BCUT2D eigenvalue weighted by molar-refractivity contribution is 7.80. The second kappa shape index (κ2) is 11.8. The molecule has 1 nitrogen and oxygen atoms in total. The van der Waals surface area contributed by atoms with Crippen LogP contribution in [0.2, 0.25) is 0 Å². The van der Waals surface area contributed by atoms with Crippen molar-refractivity contribution >= 4 is 12.6 Å². The fourth-order valence-electron chi connectivity index (χ4n) is 1.87. The molecule has 0 aliphatic heterocycles. The highest BCUT2D eigenvalue weighted by atomic mass is 32.1. The van der Waals surface area contributed by atoms with E-state index in [-0.39, 0.29) is 0 Å². The molecule has 0 radical (unpaired) electrons. The van der Waals surface area contributed by atoms with Crippen molar-refractivity contribution in [3.8, 4) is 0 Å². The summed E-state index contributed by atoms with van der Waals surface area (Å²) in [6.07, 6.45) is 7.94. The number of rotatable bonds is 11. The van der Waals surface area contributed by atoms with Gasteiger partial charge in [-0.05, 0) is 57.0 Å². The summed E-state index contributed by atoms with van der Waals surface area (Å²) in [7, 11) is 0. The molecule has 16 heavy (non-hydrogen) atoms. The Kier molecular flexibility index (Phi) is 12.0. The van der Waals surface area contributed by atoms with E-state index in [1.54, 1.807) is 0 Å². The largest absolute Gasteiger partial charge is 0.303 e. The first-order valence-electron chi connectivity index (χ1n) is 7.07. The Hall–Kier alpha value is 0.310. The molecule has 0 amide bonds. The Balaban J connectivity index is 3.71. The van der Waals surface area contributed by atoms with Crippen LogP contribution in [-0.2, 0) is 0 Å². The SMILES string of the molecule is CCCCN(CCCC)CCC(C)CCS. The number of hydrogen-bond donors (Lipinski definition) is 1. The number of hydrogen-bond acceptors (Lipinski definition) is 2. The van der Waals surface area contributed by atoms with Crippen LogP contribution < -0.4 is 0 Å². The first kappa shape index (κ1) is 16.3. The molecule has 0 aliphatic carbocycles. The average molecular weight is 245 g/mol. The van der Waals surface area contributed by atoms with Gasteiger partial charge in [-0.1, -0.05) is 33.6 Å². The van der Waals surface area contributed by atoms with Crippen molar-refractivity contribution < 1.29 is 0 Å². The Bertz CT molecular complexity index is 131. The van der Waals surface area contributed by atoms with Gasteiger partial charge in [0.05, 0.1) is 0 Å². The van der Waals surface area contributed by atoms with Gasteiger partial charge in [-0.2, -0.15) is 12.6 Å². The fraction of sp³-hybridized carbons (Fsp3) is 1.00. The summed E-state index contributed by atoms with van der Waals surface area (Å²) in [5.74, 6) is 1.87. The summed E-state index contributed by atoms with van der Waals surface area (Å²) in [6, 6.07) is 0. The van der Waals surface area contributed by atoms with Crippen LogP contribution in [0.15, 0.2) is 0 Å². The van der Waals surface area contributed by atoms with Gasteiger partial charge in [-0.15, -0.1) is 0 Å². The van der Waals surface area contributed by atoms with E-state index >= 15 is 0 Å². The molecule has 0 heterocycles. The smallest absolute Gasteiger partial charge is 0.00162 e. The molecule has 0 spiro atoms. The van der Waals surface area contributed by atoms with Gasteiger partial charge in [0.1, 0.15) is 0 Å². The van der Waals surface area contributed by atoms with Crippen molar-refractivity contribution in [2.45, 2.75) is 59.3 Å². The minimum atomic E-state index is 0.836. The third-order valence-corrected chi connectivity index (χ3v) is 3.47. The zero-order valence-electron chi connectivity index (χ0n) is 11.5. The monoisotopic (exact) mass is 245 g/mol. The van der Waals surface area contributed by atoms with Gasteiger partial charge in [0.25, 0.3) is 0 Å². The van der Waals surface area contributed by atoms with Gasteiger partial charge >= 0.3 is 0 Å². The van der Waals surface area contributed by atoms with Gasteiger partial charge in [0.2, 0.25) is 0 Å². The molecule has 0 fully saturated rings. The van der Waals surface area contributed by atoms with Crippen molar-refractivity contribution in [3.05, 3.63) is 0 Å². The van der Waals surface area contributed by atoms with Crippen LogP contribution in [-0.4, -0.2) is 30.3 Å². The summed E-state index contributed by atoms with van der Waals surface area (Å²) < 4.78 is 0. The number of nitrogens with zero attached hydrogens (tertiary/aromatic N) is 1. The van der Waals surface area contributed by atoms with Gasteiger partial charge < -0.3 is 4.90 Å². The quantitative estimate of drug-likeness (QED) is 0.533. The van der Waals surface area contributed by atoms with Crippen molar-refractivity contribution in [2.24, 2.45) is 5.92 Å². The van der Waals surface area contributed by atoms with Crippen LogP contribution in [0.1, 0.15) is 59.3 Å². The average Bonchev–Trinajstić information content (AvgIpc) is 2.28. The summed E-state index contributed by atoms with van der Waals surface area (Å²) in [5, 5.41) is 0. The molecule has 0 aromatic heterocycles. The maximum Gasteiger partial charge on any atom is -0.00162 e. The molecular formula is C14H31NS. The predicted octanol–water partition coefficient (Wildman–Crippen LogP) is 4.23. The zero-order valence-corrected chi connectivity index (χ0v) is 12.4. The summed E-state index contributed by atoms with van der Waals surface area (Å²) >= 11 is 4.30. The molecule has 1 atom stereocenters. The fourth-order valence-corrected chi connectivity index (χ4v) is 2.31. The molecule has 0 bridgehead atoms. The van der Waals surface area contributed by atoms with Gasteiger partial charge in [0, 0.05) is 0 Å². The standard InChI is InChI=1S/C14H31NS/c1-4-6-10-15(11-7-5-2)12-8-14(3)9-13-16/h14,16H,4-13H2,1-3H3. The normalized spacial score (nSPS) is 13.3. The summed E-state index contributed by atoms with van der Waals surface area (Å²) in [5.41, 5.74) is 0. The zero-order chi connectivity index (χ0) is 12.2. The topological polar surface area (TPSA) is 3.24 Å². The van der Waals surface area contributed by atoms with Gasteiger partial charge in [-0.25, -0.2) is 0 Å². The minimum absolute atomic E-state index is 0.836. The lowest BCUT2D eigenvalue weighted by Crippen LogP contribution is -2.28. The van der Waals surface area contributed by atoms with Crippen LogP contribution in [0.5, 0.6) is 0 Å². The van der Waals surface area contributed by atoms with E-state index in [9.17, 15) is 0 Å². The van der Waals surface area contributed by atoms with Crippen molar-refractivity contribution in [3.63, 3.8) is 0 Å². The third kappa shape index (κ3) is 9.53. The number of unbranched alkanes of at least 4 members (excludes halogenated alkanes) is 2. The maximum atomic E-state index is 4.30. The molecule has 0 rings (SSSR count). The second-order valence-electron chi connectivity index (χ2n) is 4.95. The summed E-state index contributed by atoms with van der Waals surface area (Å²) in [6.45, 7) is 10.8. The summed E-state index contributed by atoms with van der Waals surface area (Å²) in [4.78, 5) is 2.65. The van der Waals surface area contributed by atoms with Crippen LogP contribution in [0.4, 0.5) is 0 Å². The number of thiol groups is 1. The molecule has 98 valence electrons. The first-order valence-corrected chi connectivity index (χ1v) is 7.71. The Labute approximate surface area is 108 Å². The lowest BCUT2D eigenvalue weighted by molar-refractivity contribution is 0.246. The van der Waals surface area contributed by atoms with Crippen LogP contribution >= 0.6 is 12.6 Å². The minimum Gasteiger partial charge on any atom is -0.303 e.